The van der Waals surface area contributed by atoms with Gasteiger partial charge >= 0.3 is 5.69 Å². The van der Waals surface area contributed by atoms with Crippen molar-refractivity contribution in [2.24, 2.45) is 0 Å². The number of ketones is 1. The Morgan fingerprint density at radius 2 is 2.12 bits per heavy atom. The minimum Gasteiger partial charge on any atom is -0.490 e. The molecule has 0 aliphatic rings. The van der Waals surface area contributed by atoms with Gasteiger partial charge in [0.15, 0.2) is 5.75 Å². The summed E-state index contributed by atoms with van der Waals surface area (Å²) in [4.78, 5) is 28.4. The zero-order chi connectivity index (χ0) is 18.7. The van der Waals surface area contributed by atoms with E-state index in [2.05, 4.69) is 11.9 Å². The lowest BCUT2D eigenvalue weighted by Gasteiger charge is -2.06. The van der Waals surface area contributed by atoms with Crippen molar-refractivity contribution in [3.8, 4) is 5.75 Å². The Morgan fingerprint density at radius 1 is 1.31 bits per heavy atom. The zero-order valence-electron chi connectivity index (χ0n) is 14.6. The fourth-order valence-electron chi connectivity index (χ4n) is 2.91. The number of benzene rings is 1. The highest BCUT2D eigenvalue weighted by atomic mass is 16.6. The first kappa shape index (κ1) is 17.6. The van der Waals surface area contributed by atoms with Crippen LogP contribution in [-0.4, -0.2) is 27.2 Å². The molecule has 0 saturated heterocycles. The van der Waals surface area contributed by atoms with Gasteiger partial charge in [-0.2, -0.15) is 0 Å². The van der Waals surface area contributed by atoms with Crippen LogP contribution in [0.1, 0.15) is 41.5 Å². The molecule has 0 amide bonds. The molecule has 2 heterocycles. The molecular weight excluding hydrogens is 334 g/mol. The van der Waals surface area contributed by atoms with Crippen LogP contribution < -0.4 is 4.74 Å². The van der Waals surface area contributed by atoms with Crippen molar-refractivity contribution in [3.05, 3.63) is 69.7 Å². The van der Waals surface area contributed by atoms with Gasteiger partial charge in [0.2, 0.25) is 5.78 Å². The van der Waals surface area contributed by atoms with E-state index in [9.17, 15) is 14.9 Å². The fraction of sp³-hybridized carbons (Fsp3) is 0.263. The maximum Gasteiger partial charge on any atom is 0.311 e. The number of nitrogens with zero attached hydrogens (tertiary/aromatic N) is 3. The van der Waals surface area contributed by atoms with E-state index in [0.717, 1.165) is 12.8 Å². The molecule has 0 radical (unpaired) electrons. The maximum atomic E-state index is 13.2. The fourth-order valence-corrected chi connectivity index (χ4v) is 2.91. The van der Waals surface area contributed by atoms with Gasteiger partial charge in [-0.1, -0.05) is 19.4 Å². The second-order valence-electron chi connectivity index (χ2n) is 5.91. The van der Waals surface area contributed by atoms with E-state index in [1.807, 2.05) is 18.2 Å². The molecule has 0 saturated carbocycles. The highest BCUT2D eigenvalue weighted by molar-refractivity contribution is 6.09. The highest BCUT2D eigenvalue weighted by Gasteiger charge is 2.24. The predicted molar refractivity (Wildman–Crippen MR) is 96.9 cm³/mol. The number of nitro benzene ring substituents is 1. The van der Waals surface area contributed by atoms with Gasteiger partial charge < -0.3 is 4.74 Å². The first-order chi connectivity index (χ1) is 12.6. The number of hydrogen-bond acceptors (Lipinski definition) is 5. The average Bonchev–Trinajstić information content (AvgIpc) is 3.03. The topological polar surface area (TPSA) is 86.7 Å². The SMILES string of the molecule is CCCCc1nc2ccccn2c1C(=O)c1ccc(OC)c([N+](=O)[O-])c1. The normalized spacial score (nSPS) is 10.8. The summed E-state index contributed by atoms with van der Waals surface area (Å²) in [5.74, 6) is -0.170. The largest absolute Gasteiger partial charge is 0.490 e. The summed E-state index contributed by atoms with van der Waals surface area (Å²) >= 11 is 0. The van der Waals surface area contributed by atoms with Crippen molar-refractivity contribution in [2.45, 2.75) is 26.2 Å². The van der Waals surface area contributed by atoms with Gasteiger partial charge in [0, 0.05) is 17.8 Å². The van der Waals surface area contributed by atoms with Gasteiger partial charge in [0.1, 0.15) is 11.3 Å². The smallest absolute Gasteiger partial charge is 0.311 e. The lowest BCUT2D eigenvalue weighted by Crippen LogP contribution is -2.09. The van der Waals surface area contributed by atoms with E-state index in [0.29, 0.717) is 23.5 Å². The number of imidazole rings is 1. The quantitative estimate of drug-likeness (QED) is 0.366. The molecule has 2 aromatic heterocycles. The maximum absolute atomic E-state index is 13.2. The third kappa shape index (κ3) is 3.15. The highest BCUT2D eigenvalue weighted by Crippen LogP contribution is 2.29. The van der Waals surface area contributed by atoms with Crippen LogP contribution in [0.15, 0.2) is 42.6 Å². The number of nitro groups is 1. The number of pyridine rings is 1. The van der Waals surface area contributed by atoms with Crippen LogP contribution in [0.25, 0.3) is 5.65 Å². The molecule has 7 heteroatoms. The molecule has 0 aliphatic carbocycles. The number of unbranched alkanes of at least 4 members (excludes halogenated alkanes) is 1. The van der Waals surface area contributed by atoms with Crippen LogP contribution in [-0.2, 0) is 6.42 Å². The van der Waals surface area contributed by atoms with Crippen molar-refractivity contribution in [3.63, 3.8) is 0 Å². The van der Waals surface area contributed by atoms with Crippen LogP contribution in [0.4, 0.5) is 5.69 Å². The summed E-state index contributed by atoms with van der Waals surface area (Å²) in [5.41, 5.74) is 1.85. The van der Waals surface area contributed by atoms with E-state index >= 15 is 0 Å². The van der Waals surface area contributed by atoms with Crippen molar-refractivity contribution >= 4 is 17.1 Å². The third-order valence-corrected chi connectivity index (χ3v) is 4.22. The number of rotatable bonds is 7. The molecule has 0 fully saturated rings. The molecule has 1 aromatic carbocycles. The van der Waals surface area contributed by atoms with Crippen molar-refractivity contribution < 1.29 is 14.5 Å². The van der Waals surface area contributed by atoms with Gasteiger partial charge in [-0.3, -0.25) is 19.3 Å². The Labute approximate surface area is 150 Å². The van der Waals surface area contributed by atoms with E-state index in [1.54, 1.807) is 16.7 Å². The van der Waals surface area contributed by atoms with Gasteiger partial charge in [-0.25, -0.2) is 4.98 Å². The lowest BCUT2D eigenvalue weighted by atomic mass is 10.0. The van der Waals surface area contributed by atoms with Crippen LogP contribution in [0.2, 0.25) is 0 Å². The number of aromatic nitrogens is 2. The van der Waals surface area contributed by atoms with Gasteiger partial charge in [0.25, 0.3) is 0 Å². The molecular formula is C19H19N3O4. The molecule has 134 valence electrons. The van der Waals surface area contributed by atoms with Crippen LogP contribution in [0.5, 0.6) is 5.75 Å². The Bertz CT molecular complexity index is 978. The lowest BCUT2D eigenvalue weighted by molar-refractivity contribution is -0.385. The number of methoxy groups -OCH3 is 1. The summed E-state index contributed by atoms with van der Waals surface area (Å²) in [6, 6.07) is 9.76. The zero-order valence-corrected chi connectivity index (χ0v) is 14.6. The number of ether oxygens (including phenoxy) is 1. The minimum absolute atomic E-state index is 0.121. The second-order valence-corrected chi connectivity index (χ2v) is 5.91. The van der Waals surface area contributed by atoms with Crippen molar-refractivity contribution in [2.75, 3.05) is 7.11 Å². The molecule has 0 aliphatic heterocycles. The molecule has 7 nitrogen and oxygen atoms in total. The van der Waals surface area contributed by atoms with E-state index in [1.165, 1.54) is 19.2 Å². The average molecular weight is 353 g/mol. The van der Waals surface area contributed by atoms with Gasteiger partial charge in [-0.05, 0) is 37.1 Å². The summed E-state index contributed by atoms with van der Waals surface area (Å²) < 4.78 is 6.75. The van der Waals surface area contributed by atoms with E-state index < -0.39 is 4.92 Å². The van der Waals surface area contributed by atoms with Gasteiger partial charge in [0.05, 0.1) is 17.7 Å². The minimum atomic E-state index is -0.553. The number of hydrogen-bond donors (Lipinski definition) is 0. The van der Waals surface area contributed by atoms with E-state index in [4.69, 9.17) is 4.74 Å². The summed E-state index contributed by atoms with van der Waals surface area (Å²) in [6.45, 7) is 2.07. The number of carbonyl (C=O) groups is 1. The van der Waals surface area contributed by atoms with Crippen LogP contribution in [0.3, 0.4) is 0 Å². The molecule has 26 heavy (non-hydrogen) atoms. The number of aryl methyl sites for hydroxylation is 1. The van der Waals surface area contributed by atoms with Crippen molar-refractivity contribution in [1.29, 1.82) is 0 Å². The summed E-state index contributed by atoms with van der Waals surface area (Å²) in [5, 5.41) is 11.3. The Hall–Kier alpha value is -3.22. The summed E-state index contributed by atoms with van der Waals surface area (Å²) in [6.07, 6.45) is 4.35. The Kier molecular flexibility index (Phi) is 4.97. The van der Waals surface area contributed by atoms with Crippen LogP contribution >= 0.6 is 0 Å². The van der Waals surface area contributed by atoms with E-state index in [-0.39, 0.29) is 22.8 Å². The molecule has 0 bridgehead atoms. The molecule has 0 unspecified atom stereocenters. The van der Waals surface area contributed by atoms with Crippen molar-refractivity contribution in [1.82, 2.24) is 9.38 Å². The predicted octanol–water partition coefficient (Wildman–Crippen LogP) is 3.82. The molecule has 0 N–H and O–H groups in total. The standard InChI is InChI=1S/C19H19N3O4/c1-3-4-7-14-18(21-11-6-5-8-17(21)20-14)19(23)13-9-10-16(26-2)15(12-13)22(24)25/h5-6,8-12H,3-4,7H2,1-2H3. The molecule has 3 rings (SSSR count). The molecule has 0 atom stereocenters. The Morgan fingerprint density at radius 3 is 2.81 bits per heavy atom. The first-order valence-corrected chi connectivity index (χ1v) is 8.40. The number of fused-ring (bicyclic) bond motifs is 1. The monoisotopic (exact) mass is 353 g/mol. The van der Waals surface area contributed by atoms with Gasteiger partial charge in [-0.15, -0.1) is 0 Å². The number of carbonyl (C=O) groups excluding carboxylic acids is 1. The molecule has 3 aromatic rings. The second kappa shape index (κ2) is 7.35. The Balaban J connectivity index is 2.12. The summed E-state index contributed by atoms with van der Waals surface area (Å²) in [7, 11) is 1.36. The third-order valence-electron chi connectivity index (χ3n) is 4.22. The van der Waals surface area contributed by atoms with Crippen LogP contribution in [0, 0.1) is 10.1 Å². The molecule has 0 spiro atoms. The first-order valence-electron chi connectivity index (χ1n) is 8.40.